The normalized spacial score (nSPS) is 16.8. The highest BCUT2D eigenvalue weighted by atomic mass is 16.5. The smallest absolute Gasteiger partial charge is 0.407 e. The Balaban J connectivity index is 1.40. The summed E-state index contributed by atoms with van der Waals surface area (Å²) in [6, 6.07) is 16.0. The number of hydrogen-bond acceptors (Lipinski definition) is 3. The van der Waals surface area contributed by atoms with Crippen LogP contribution in [0.4, 0.5) is 4.79 Å². The highest BCUT2D eigenvalue weighted by Crippen LogP contribution is 2.44. The minimum absolute atomic E-state index is 0.000839. The summed E-state index contributed by atoms with van der Waals surface area (Å²) in [4.78, 5) is 23.7. The summed E-state index contributed by atoms with van der Waals surface area (Å²) in [7, 11) is 0. The molecule has 2 aromatic carbocycles. The number of benzene rings is 2. The van der Waals surface area contributed by atoms with Crippen molar-refractivity contribution in [2.45, 2.75) is 50.5 Å². The number of carbonyl (C=O) groups excluding carboxylic acids is 1. The van der Waals surface area contributed by atoms with E-state index in [0.29, 0.717) is 12.3 Å². The van der Waals surface area contributed by atoms with Crippen molar-refractivity contribution in [1.29, 1.82) is 0 Å². The van der Waals surface area contributed by atoms with Crippen molar-refractivity contribution in [3.05, 3.63) is 59.7 Å². The van der Waals surface area contributed by atoms with Crippen molar-refractivity contribution < 1.29 is 19.4 Å². The molecule has 2 aliphatic rings. The maximum absolute atomic E-state index is 12.5. The van der Waals surface area contributed by atoms with Gasteiger partial charge in [0, 0.05) is 12.0 Å². The molecule has 5 nitrogen and oxygen atoms in total. The fourth-order valence-corrected chi connectivity index (χ4v) is 4.86. The molecule has 1 saturated carbocycles. The maximum atomic E-state index is 12.5. The van der Waals surface area contributed by atoms with Crippen molar-refractivity contribution in [2.24, 2.45) is 5.92 Å². The van der Waals surface area contributed by atoms with E-state index in [1.54, 1.807) is 0 Å². The van der Waals surface area contributed by atoms with E-state index < -0.39 is 12.1 Å². The van der Waals surface area contributed by atoms with Gasteiger partial charge in [-0.15, -0.1) is 0 Å². The largest absolute Gasteiger partial charge is 0.481 e. The lowest BCUT2D eigenvalue weighted by Crippen LogP contribution is -2.38. The van der Waals surface area contributed by atoms with E-state index in [1.807, 2.05) is 24.3 Å². The zero-order chi connectivity index (χ0) is 20.2. The van der Waals surface area contributed by atoms with Crippen molar-refractivity contribution in [1.82, 2.24) is 5.32 Å². The van der Waals surface area contributed by atoms with Gasteiger partial charge in [0.2, 0.25) is 0 Å². The molecule has 0 aromatic heterocycles. The first-order valence-corrected chi connectivity index (χ1v) is 10.4. The van der Waals surface area contributed by atoms with Crippen LogP contribution in [0.5, 0.6) is 0 Å². The van der Waals surface area contributed by atoms with Crippen LogP contribution in [0.1, 0.15) is 55.6 Å². The molecule has 1 fully saturated rings. The summed E-state index contributed by atoms with van der Waals surface area (Å²) in [5.74, 6) is -0.402. The highest BCUT2D eigenvalue weighted by molar-refractivity contribution is 5.79. The van der Waals surface area contributed by atoms with Crippen LogP contribution in [0.15, 0.2) is 48.5 Å². The monoisotopic (exact) mass is 393 g/mol. The van der Waals surface area contributed by atoms with Crippen LogP contribution in [-0.2, 0) is 9.53 Å². The summed E-state index contributed by atoms with van der Waals surface area (Å²) in [6.45, 7) is 0.239. The molecule has 2 aliphatic carbocycles. The summed E-state index contributed by atoms with van der Waals surface area (Å²) in [5, 5.41) is 12.0. The van der Waals surface area contributed by atoms with E-state index in [2.05, 4.69) is 29.6 Å². The molecule has 0 unspecified atom stereocenters. The number of aliphatic carboxylic acids is 1. The number of carboxylic acid groups (broad SMARTS) is 1. The third-order valence-corrected chi connectivity index (χ3v) is 6.18. The molecule has 0 heterocycles. The first-order valence-electron chi connectivity index (χ1n) is 10.4. The van der Waals surface area contributed by atoms with E-state index in [4.69, 9.17) is 4.74 Å². The second kappa shape index (κ2) is 8.68. The van der Waals surface area contributed by atoms with Crippen LogP contribution in [0.25, 0.3) is 11.1 Å². The van der Waals surface area contributed by atoms with Crippen molar-refractivity contribution in [3.63, 3.8) is 0 Å². The molecule has 1 atom stereocenters. The second-order valence-corrected chi connectivity index (χ2v) is 8.15. The summed E-state index contributed by atoms with van der Waals surface area (Å²) >= 11 is 0. The van der Waals surface area contributed by atoms with Gasteiger partial charge in [0.05, 0.1) is 6.42 Å². The zero-order valence-corrected chi connectivity index (χ0v) is 16.5. The Bertz CT molecular complexity index is 842. The van der Waals surface area contributed by atoms with Crippen LogP contribution in [-0.4, -0.2) is 29.8 Å². The SMILES string of the molecule is O=C(O)C[C@@H](CC1CCCC1)NC(=O)OCC1c2ccccc2-c2ccccc21. The average Bonchev–Trinajstić information content (AvgIpc) is 3.32. The fourth-order valence-electron chi connectivity index (χ4n) is 4.86. The average molecular weight is 393 g/mol. The number of ether oxygens (including phenoxy) is 1. The standard InChI is InChI=1S/C24H27NO4/c26-23(27)14-17(13-16-7-1-2-8-16)25-24(28)29-15-22-20-11-5-3-9-18(20)19-10-4-6-12-21(19)22/h3-6,9-12,16-17,22H,1-2,7-8,13-15H2,(H,25,28)(H,26,27)/t17-/m1/s1. The Labute approximate surface area is 171 Å². The predicted molar refractivity (Wildman–Crippen MR) is 111 cm³/mol. The molecule has 0 saturated heterocycles. The van der Waals surface area contributed by atoms with Gasteiger partial charge in [-0.2, -0.15) is 0 Å². The van der Waals surface area contributed by atoms with Crippen molar-refractivity contribution in [3.8, 4) is 11.1 Å². The molecule has 29 heavy (non-hydrogen) atoms. The predicted octanol–water partition coefficient (Wildman–Crippen LogP) is 4.95. The molecule has 1 amide bonds. The lowest BCUT2D eigenvalue weighted by atomic mass is 9.96. The minimum Gasteiger partial charge on any atom is -0.481 e. The van der Waals surface area contributed by atoms with E-state index in [0.717, 1.165) is 24.0 Å². The van der Waals surface area contributed by atoms with Gasteiger partial charge in [-0.25, -0.2) is 4.79 Å². The number of nitrogens with one attached hydrogen (secondary N) is 1. The Morgan fingerprint density at radius 2 is 1.59 bits per heavy atom. The number of amides is 1. The molecule has 0 spiro atoms. The van der Waals surface area contributed by atoms with Gasteiger partial charge in [-0.1, -0.05) is 74.2 Å². The van der Waals surface area contributed by atoms with E-state index in [-0.39, 0.29) is 25.0 Å². The quantitative estimate of drug-likeness (QED) is 0.698. The van der Waals surface area contributed by atoms with Gasteiger partial charge < -0.3 is 15.2 Å². The van der Waals surface area contributed by atoms with Crippen LogP contribution in [0, 0.1) is 5.92 Å². The van der Waals surface area contributed by atoms with E-state index in [9.17, 15) is 14.7 Å². The summed E-state index contributed by atoms with van der Waals surface area (Å²) in [5.41, 5.74) is 4.69. The molecule has 152 valence electrons. The first kappa shape index (κ1) is 19.5. The number of fused-ring (bicyclic) bond motifs is 3. The Kier molecular flexibility index (Phi) is 5.84. The molecule has 2 N–H and O–H groups in total. The molecule has 0 radical (unpaired) electrons. The Hall–Kier alpha value is -2.82. The van der Waals surface area contributed by atoms with Crippen LogP contribution in [0.3, 0.4) is 0 Å². The lowest BCUT2D eigenvalue weighted by Gasteiger charge is -2.21. The third kappa shape index (κ3) is 4.44. The number of hydrogen-bond donors (Lipinski definition) is 2. The van der Waals surface area contributed by atoms with Crippen molar-refractivity contribution >= 4 is 12.1 Å². The topological polar surface area (TPSA) is 75.6 Å². The number of carbonyl (C=O) groups is 2. The van der Waals surface area contributed by atoms with Gasteiger partial charge in [0.15, 0.2) is 0 Å². The molecular weight excluding hydrogens is 366 g/mol. The molecule has 5 heteroatoms. The molecule has 4 rings (SSSR count). The van der Waals surface area contributed by atoms with Gasteiger partial charge >= 0.3 is 12.1 Å². The van der Waals surface area contributed by atoms with Gasteiger partial charge in [0.25, 0.3) is 0 Å². The van der Waals surface area contributed by atoms with Crippen LogP contribution >= 0.6 is 0 Å². The number of rotatable bonds is 7. The first-order chi connectivity index (χ1) is 14.1. The van der Waals surface area contributed by atoms with Crippen LogP contribution in [0.2, 0.25) is 0 Å². The molecule has 0 bridgehead atoms. The zero-order valence-electron chi connectivity index (χ0n) is 16.5. The maximum Gasteiger partial charge on any atom is 0.407 e. The van der Waals surface area contributed by atoms with Crippen molar-refractivity contribution in [2.75, 3.05) is 6.61 Å². The third-order valence-electron chi connectivity index (χ3n) is 6.18. The molecular formula is C24H27NO4. The van der Waals surface area contributed by atoms with Gasteiger partial charge in [-0.3, -0.25) is 4.79 Å². The lowest BCUT2D eigenvalue weighted by molar-refractivity contribution is -0.137. The molecule has 0 aliphatic heterocycles. The number of alkyl carbamates (subject to hydrolysis) is 1. The Morgan fingerprint density at radius 1 is 1.00 bits per heavy atom. The summed E-state index contributed by atoms with van der Waals surface area (Å²) in [6.07, 6.45) is 4.71. The second-order valence-electron chi connectivity index (χ2n) is 8.15. The summed E-state index contributed by atoms with van der Waals surface area (Å²) < 4.78 is 5.57. The molecule has 2 aromatic rings. The minimum atomic E-state index is -0.896. The Morgan fingerprint density at radius 3 is 2.17 bits per heavy atom. The van der Waals surface area contributed by atoms with Gasteiger partial charge in [0.1, 0.15) is 6.61 Å². The number of carboxylic acids is 1. The van der Waals surface area contributed by atoms with Gasteiger partial charge in [-0.05, 0) is 34.6 Å². The highest BCUT2D eigenvalue weighted by Gasteiger charge is 2.29. The van der Waals surface area contributed by atoms with Crippen LogP contribution < -0.4 is 5.32 Å². The fraction of sp³-hybridized carbons (Fsp3) is 0.417. The van der Waals surface area contributed by atoms with E-state index in [1.165, 1.54) is 24.0 Å². The van der Waals surface area contributed by atoms with E-state index >= 15 is 0 Å².